The van der Waals surface area contributed by atoms with Crippen LogP contribution in [0.15, 0.2) is 48.5 Å². The first-order chi connectivity index (χ1) is 11.0. The molecule has 0 radical (unpaired) electrons. The molecule has 0 fully saturated rings. The van der Waals surface area contributed by atoms with Gasteiger partial charge >= 0.3 is 0 Å². The van der Waals surface area contributed by atoms with Crippen molar-refractivity contribution in [3.05, 3.63) is 70.0 Å². The SMILES string of the molecule is O=[N+]([O-])c1cccc(CNCC(O)COc2ccc(F)cc2)c1. The smallest absolute Gasteiger partial charge is 0.269 e. The Morgan fingerprint density at radius 1 is 1.26 bits per heavy atom. The van der Waals surface area contributed by atoms with Crippen molar-refractivity contribution >= 4 is 5.69 Å². The Labute approximate surface area is 132 Å². The van der Waals surface area contributed by atoms with Crippen LogP contribution in [0.4, 0.5) is 10.1 Å². The van der Waals surface area contributed by atoms with Crippen LogP contribution < -0.4 is 10.1 Å². The zero-order valence-corrected chi connectivity index (χ0v) is 12.3. The van der Waals surface area contributed by atoms with Gasteiger partial charge in [0.05, 0.1) is 4.92 Å². The monoisotopic (exact) mass is 320 g/mol. The van der Waals surface area contributed by atoms with Gasteiger partial charge in [-0.2, -0.15) is 0 Å². The van der Waals surface area contributed by atoms with Crippen LogP contribution in [0.2, 0.25) is 0 Å². The van der Waals surface area contributed by atoms with Gasteiger partial charge in [0.2, 0.25) is 0 Å². The number of non-ortho nitro benzene ring substituents is 1. The van der Waals surface area contributed by atoms with Gasteiger partial charge in [-0.05, 0) is 29.8 Å². The molecule has 122 valence electrons. The molecule has 2 rings (SSSR count). The van der Waals surface area contributed by atoms with Crippen molar-refractivity contribution in [2.45, 2.75) is 12.6 Å². The summed E-state index contributed by atoms with van der Waals surface area (Å²) in [7, 11) is 0. The second kappa shape index (κ2) is 8.21. The largest absolute Gasteiger partial charge is 0.491 e. The van der Waals surface area contributed by atoms with Gasteiger partial charge in [-0.15, -0.1) is 0 Å². The van der Waals surface area contributed by atoms with Crippen molar-refractivity contribution in [1.29, 1.82) is 0 Å². The van der Waals surface area contributed by atoms with Crippen molar-refractivity contribution in [2.75, 3.05) is 13.2 Å². The van der Waals surface area contributed by atoms with E-state index in [9.17, 15) is 19.6 Å². The minimum absolute atomic E-state index is 0.0319. The summed E-state index contributed by atoms with van der Waals surface area (Å²) in [5, 5.41) is 23.5. The highest BCUT2D eigenvalue weighted by Crippen LogP contribution is 2.13. The minimum Gasteiger partial charge on any atom is -0.491 e. The molecule has 0 aliphatic heterocycles. The number of ether oxygens (including phenoxy) is 1. The molecular weight excluding hydrogens is 303 g/mol. The van der Waals surface area contributed by atoms with E-state index in [0.29, 0.717) is 12.3 Å². The number of halogens is 1. The van der Waals surface area contributed by atoms with Crippen LogP contribution in [0, 0.1) is 15.9 Å². The Balaban J connectivity index is 1.72. The molecule has 7 heteroatoms. The zero-order chi connectivity index (χ0) is 16.7. The first-order valence-corrected chi connectivity index (χ1v) is 7.05. The van der Waals surface area contributed by atoms with Gasteiger partial charge in [0.1, 0.15) is 24.3 Å². The van der Waals surface area contributed by atoms with Gasteiger partial charge in [-0.25, -0.2) is 4.39 Å². The van der Waals surface area contributed by atoms with E-state index in [-0.39, 0.29) is 24.7 Å². The molecule has 0 amide bonds. The Hall–Kier alpha value is -2.51. The standard InChI is InChI=1S/C16H17FN2O4/c17-13-4-6-16(7-5-13)23-11-15(20)10-18-9-12-2-1-3-14(8-12)19(21)22/h1-8,15,18,20H,9-11H2. The third-order valence-corrected chi connectivity index (χ3v) is 3.09. The number of hydrogen-bond acceptors (Lipinski definition) is 5. The number of nitrogens with zero attached hydrogens (tertiary/aromatic N) is 1. The van der Waals surface area contributed by atoms with E-state index in [2.05, 4.69) is 5.32 Å². The van der Waals surface area contributed by atoms with E-state index in [4.69, 9.17) is 4.74 Å². The van der Waals surface area contributed by atoms with Gasteiger partial charge < -0.3 is 15.2 Å². The molecular formula is C16H17FN2O4. The van der Waals surface area contributed by atoms with E-state index in [1.54, 1.807) is 12.1 Å². The lowest BCUT2D eigenvalue weighted by Gasteiger charge is -2.13. The Morgan fingerprint density at radius 3 is 2.70 bits per heavy atom. The topological polar surface area (TPSA) is 84.6 Å². The Morgan fingerprint density at radius 2 is 2.00 bits per heavy atom. The highest BCUT2D eigenvalue weighted by molar-refractivity contribution is 5.34. The van der Waals surface area contributed by atoms with E-state index >= 15 is 0 Å². The van der Waals surface area contributed by atoms with Crippen LogP contribution in [-0.2, 0) is 6.54 Å². The normalized spacial score (nSPS) is 11.9. The van der Waals surface area contributed by atoms with Crippen molar-refractivity contribution in [1.82, 2.24) is 5.32 Å². The van der Waals surface area contributed by atoms with Crippen LogP contribution in [-0.4, -0.2) is 29.3 Å². The third kappa shape index (κ3) is 5.65. The summed E-state index contributed by atoms with van der Waals surface area (Å²) in [5.41, 5.74) is 0.787. The minimum atomic E-state index is -0.751. The summed E-state index contributed by atoms with van der Waals surface area (Å²) in [5.74, 6) is 0.126. The maximum absolute atomic E-state index is 12.7. The molecule has 0 aromatic heterocycles. The first-order valence-electron chi connectivity index (χ1n) is 7.05. The number of nitrogens with one attached hydrogen (secondary N) is 1. The molecule has 0 saturated carbocycles. The summed E-state index contributed by atoms with van der Waals surface area (Å²) >= 11 is 0. The lowest BCUT2D eigenvalue weighted by Crippen LogP contribution is -2.31. The quantitative estimate of drug-likeness (QED) is 0.576. The van der Waals surface area contributed by atoms with Crippen LogP contribution in [0.5, 0.6) is 5.75 Å². The molecule has 1 atom stereocenters. The highest BCUT2D eigenvalue weighted by Gasteiger charge is 2.07. The highest BCUT2D eigenvalue weighted by atomic mass is 19.1. The zero-order valence-electron chi connectivity index (χ0n) is 12.3. The summed E-state index contributed by atoms with van der Waals surface area (Å²) in [4.78, 5) is 10.2. The maximum atomic E-state index is 12.7. The predicted octanol–water partition coefficient (Wildman–Crippen LogP) is 2.26. The van der Waals surface area contributed by atoms with Crippen LogP contribution in [0.3, 0.4) is 0 Å². The van der Waals surface area contributed by atoms with E-state index in [1.165, 1.54) is 36.4 Å². The molecule has 0 heterocycles. The number of aliphatic hydroxyl groups excluding tert-OH is 1. The molecule has 2 aromatic carbocycles. The number of benzene rings is 2. The van der Waals surface area contributed by atoms with E-state index in [0.717, 1.165) is 5.56 Å². The van der Waals surface area contributed by atoms with Gasteiger partial charge in [-0.1, -0.05) is 12.1 Å². The van der Waals surface area contributed by atoms with Gasteiger partial charge in [0.15, 0.2) is 0 Å². The van der Waals surface area contributed by atoms with Crippen molar-refractivity contribution < 1.29 is 19.2 Å². The van der Waals surface area contributed by atoms with Gasteiger partial charge in [0.25, 0.3) is 5.69 Å². The molecule has 1 unspecified atom stereocenters. The molecule has 23 heavy (non-hydrogen) atoms. The summed E-state index contributed by atoms with van der Waals surface area (Å²) in [6.07, 6.45) is -0.751. The molecule has 0 spiro atoms. The van der Waals surface area contributed by atoms with Crippen LogP contribution >= 0.6 is 0 Å². The number of nitro groups is 1. The van der Waals surface area contributed by atoms with E-state index in [1.807, 2.05) is 0 Å². The van der Waals surface area contributed by atoms with Gasteiger partial charge in [-0.3, -0.25) is 10.1 Å². The lowest BCUT2D eigenvalue weighted by atomic mass is 10.2. The molecule has 0 aliphatic carbocycles. The molecule has 2 N–H and O–H groups in total. The molecule has 0 bridgehead atoms. The molecule has 2 aromatic rings. The Kier molecular flexibility index (Phi) is 6.02. The van der Waals surface area contributed by atoms with Crippen molar-refractivity contribution in [3.63, 3.8) is 0 Å². The lowest BCUT2D eigenvalue weighted by molar-refractivity contribution is -0.384. The van der Waals surface area contributed by atoms with Crippen LogP contribution in [0.1, 0.15) is 5.56 Å². The fourth-order valence-electron chi connectivity index (χ4n) is 1.95. The summed E-state index contributed by atoms with van der Waals surface area (Å²) in [6, 6.07) is 11.8. The summed E-state index contributed by atoms with van der Waals surface area (Å²) in [6.45, 7) is 0.729. The fourth-order valence-corrected chi connectivity index (χ4v) is 1.95. The fraction of sp³-hybridized carbons (Fsp3) is 0.250. The van der Waals surface area contributed by atoms with E-state index < -0.39 is 11.0 Å². The van der Waals surface area contributed by atoms with Crippen molar-refractivity contribution in [3.8, 4) is 5.75 Å². The molecule has 6 nitrogen and oxygen atoms in total. The number of rotatable bonds is 8. The Bertz CT molecular complexity index is 649. The summed E-state index contributed by atoms with van der Waals surface area (Å²) < 4.78 is 18.1. The molecule has 0 aliphatic rings. The number of hydrogen-bond donors (Lipinski definition) is 2. The number of nitro benzene ring substituents is 1. The number of aliphatic hydroxyl groups is 1. The average Bonchev–Trinajstić information content (AvgIpc) is 2.54. The van der Waals surface area contributed by atoms with Crippen LogP contribution in [0.25, 0.3) is 0 Å². The maximum Gasteiger partial charge on any atom is 0.269 e. The van der Waals surface area contributed by atoms with Crippen molar-refractivity contribution in [2.24, 2.45) is 0 Å². The third-order valence-electron chi connectivity index (χ3n) is 3.09. The predicted molar refractivity (Wildman–Crippen MR) is 82.7 cm³/mol. The average molecular weight is 320 g/mol. The molecule has 0 saturated heterocycles. The van der Waals surface area contributed by atoms with Gasteiger partial charge in [0, 0.05) is 25.2 Å². The second-order valence-corrected chi connectivity index (χ2v) is 4.98. The second-order valence-electron chi connectivity index (χ2n) is 4.98. The first kappa shape index (κ1) is 16.9.